The standard InChI is InChI=1S/C42H29N3/c1-2-14-28(15-3-1)43-34-21-8-6-18-31(34)32-20-12-27-40(42(32)43)45-37-24-11-7-19-33(37)41-38(25-13-26-39(41)45)44-35-22-9-4-16-29(35)30-17-5-10-23-36(30)44/h1-19,21-27,32H,20H2. The Labute approximate surface area is 261 Å². The predicted molar refractivity (Wildman–Crippen MR) is 189 cm³/mol. The molecule has 45 heavy (non-hydrogen) atoms. The van der Waals surface area contributed by atoms with E-state index in [1.807, 2.05) is 0 Å². The minimum atomic E-state index is 0.290. The van der Waals surface area contributed by atoms with E-state index in [-0.39, 0.29) is 5.92 Å². The zero-order chi connectivity index (χ0) is 29.5. The fraction of sp³-hybridized carbons (Fsp3) is 0.0476. The summed E-state index contributed by atoms with van der Waals surface area (Å²) in [7, 11) is 0. The van der Waals surface area contributed by atoms with Crippen LogP contribution in [0.1, 0.15) is 17.9 Å². The predicted octanol–water partition coefficient (Wildman–Crippen LogP) is 11.0. The van der Waals surface area contributed by atoms with Gasteiger partial charge in [-0.3, -0.25) is 0 Å². The van der Waals surface area contributed by atoms with Crippen molar-refractivity contribution in [3.63, 3.8) is 0 Å². The summed E-state index contributed by atoms with van der Waals surface area (Å²) in [6.07, 6.45) is 5.71. The molecule has 10 rings (SSSR count). The van der Waals surface area contributed by atoms with Crippen LogP contribution >= 0.6 is 0 Å². The van der Waals surface area contributed by atoms with Gasteiger partial charge in [-0.05, 0) is 66.6 Å². The minimum Gasteiger partial charge on any atom is -0.311 e. The summed E-state index contributed by atoms with van der Waals surface area (Å²) < 4.78 is 4.98. The maximum absolute atomic E-state index is 2.52. The van der Waals surface area contributed by atoms with Crippen LogP contribution in [0.3, 0.4) is 0 Å². The molecule has 1 aliphatic heterocycles. The summed E-state index contributed by atoms with van der Waals surface area (Å²) in [5.41, 5.74) is 12.5. The van der Waals surface area contributed by atoms with Crippen molar-refractivity contribution >= 4 is 60.7 Å². The van der Waals surface area contributed by atoms with E-state index in [0.29, 0.717) is 0 Å². The number of hydrogen-bond donors (Lipinski definition) is 0. The third-order valence-electron chi connectivity index (χ3n) is 9.79. The highest BCUT2D eigenvalue weighted by atomic mass is 15.2. The van der Waals surface area contributed by atoms with Crippen molar-refractivity contribution in [2.24, 2.45) is 0 Å². The molecule has 1 aliphatic carbocycles. The van der Waals surface area contributed by atoms with Crippen LogP contribution in [0.4, 0.5) is 11.4 Å². The van der Waals surface area contributed by atoms with Gasteiger partial charge in [-0.1, -0.05) is 103 Å². The number of para-hydroxylation sites is 5. The van der Waals surface area contributed by atoms with Crippen LogP contribution in [0.25, 0.3) is 55.0 Å². The van der Waals surface area contributed by atoms with Crippen LogP contribution in [0.2, 0.25) is 0 Å². The fourth-order valence-corrected chi connectivity index (χ4v) is 8.02. The average molecular weight is 576 g/mol. The Morgan fingerprint density at radius 1 is 0.467 bits per heavy atom. The lowest BCUT2D eigenvalue weighted by atomic mass is 9.90. The molecule has 8 aromatic rings. The van der Waals surface area contributed by atoms with Crippen LogP contribution in [-0.2, 0) is 0 Å². The van der Waals surface area contributed by atoms with E-state index in [4.69, 9.17) is 0 Å². The molecule has 6 aromatic carbocycles. The lowest BCUT2D eigenvalue weighted by molar-refractivity contribution is 0.814. The highest BCUT2D eigenvalue weighted by molar-refractivity contribution is 6.17. The van der Waals surface area contributed by atoms with Crippen molar-refractivity contribution in [2.45, 2.75) is 12.3 Å². The van der Waals surface area contributed by atoms with Crippen LogP contribution in [0.5, 0.6) is 0 Å². The highest BCUT2D eigenvalue weighted by Gasteiger charge is 2.38. The summed E-state index contributed by atoms with van der Waals surface area (Å²) in [5.74, 6) is 0.290. The monoisotopic (exact) mass is 575 g/mol. The van der Waals surface area contributed by atoms with Crippen molar-refractivity contribution in [1.82, 2.24) is 9.13 Å². The Hall–Kier alpha value is -5.80. The molecule has 2 aliphatic rings. The molecule has 3 nitrogen and oxygen atoms in total. The maximum Gasteiger partial charge on any atom is 0.0664 e. The smallest absolute Gasteiger partial charge is 0.0664 e. The zero-order valence-corrected chi connectivity index (χ0v) is 24.6. The van der Waals surface area contributed by atoms with Gasteiger partial charge in [0.05, 0.1) is 39.1 Å². The number of nitrogens with zero attached hydrogens (tertiary/aromatic N) is 3. The minimum absolute atomic E-state index is 0.290. The summed E-state index contributed by atoms with van der Waals surface area (Å²) in [4.78, 5) is 2.50. The summed E-state index contributed by atoms with van der Waals surface area (Å²) >= 11 is 0. The number of aromatic nitrogens is 2. The van der Waals surface area contributed by atoms with E-state index in [1.165, 1.54) is 77.6 Å². The van der Waals surface area contributed by atoms with Gasteiger partial charge in [0, 0.05) is 38.8 Å². The number of allylic oxidation sites excluding steroid dienone is 4. The Morgan fingerprint density at radius 3 is 1.80 bits per heavy atom. The van der Waals surface area contributed by atoms with Crippen LogP contribution in [-0.4, -0.2) is 9.13 Å². The molecule has 0 fully saturated rings. The van der Waals surface area contributed by atoms with Crippen molar-refractivity contribution in [2.75, 3.05) is 4.90 Å². The van der Waals surface area contributed by atoms with Crippen LogP contribution < -0.4 is 4.90 Å². The quantitative estimate of drug-likeness (QED) is 0.204. The summed E-state index contributed by atoms with van der Waals surface area (Å²) in [6, 6.07) is 53.1. The van der Waals surface area contributed by atoms with E-state index in [0.717, 1.165) is 6.42 Å². The van der Waals surface area contributed by atoms with E-state index in [2.05, 4.69) is 172 Å². The van der Waals surface area contributed by atoms with E-state index < -0.39 is 0 Å². The second-order valence-electron chi connectivity index (χ2n) is 12.1. The number of fused-ring (bicyclic) bond motifs is 9. The zero-order valence-electron chi connectivity index (χ0n) is 24.6. The van der Waals surface area contributed by atoms with Crippen LogP contribution in [0, 0.1) is 0 Å². The van der Waals surface area contributed by atoms with Gasteiger partial charge >= 0.3 is 0 Å². The van der Waals surface area contributed by atoms with Gasteiger partial charge in [0.25, 0.3) is 0 Å². The first kappa shape index (κ1) is 24.6. The first-order chi connectivity index (χ1) is 22.4. The first-order valence-corrected chi connectivity index (χ1v) is 15.7. The SMILES string of the molecule is C1=CC(n2c3ccccc3c3c(-n4c5ccccc5c5ccccc54)cccc32)=C2C(C1)c1ccccc1N2c1ccccc1. The van der Waals surface area contributed by atoms with Crippen molar-refractivity contribution in [3.8, 4) is 5.69 Å². The molecule has 1 unspecified atom stereocenters. The molecule has 3 heterocycles. The lowest BCUT2D eigenvalue weighted by Crippen LogP contribution is -2.19. The van der Waals surface area contributed by atoms with Gasteiger partial charge in [-0.25, -0.2) is 0 Å². The first-order valence-electron chi connectivity index (χ1n) is 15.7. The second-order valence-corrected chi connectivity index (χ2v) is 12.1. The van der Waals surface area contributed by atoms with Crippen molar-refractivity contribution in [3.05, 3.63) is 169 Å². The lowest BCUT2D eigenvalue weighted by Gasteiger charge is -2.28. The normalized spacial score (nSPS) is 15.9. The maximum atomic E-state index is 2.52. The Morgan fingerprint density at radius 2 is 1.04 bits per heavy atom. The number of anilines is 2. The van der Waals surface area contributed by atoms with Gasteiger partial charge in [-0.2, -0.15) is 0 Å². The van der Waals surface area contributed by atoms with Gasteiger partial charge in [0.15, 0.2) is 0 Å². The molecule has 1 atom stereocenters. The van der Waals surface area contributed by atoms with Gasteiger partial charge in [-0.15, -0.1) is 0 Å². The Balaban J connectivity index is 1.33. The fourth-order valence-electron chi connectivity index (χ4n) is 8.02. The summed E-state index contributed by atoms with van der Waals surface area (Å²) in [6.45, 7) is 0. The molecule has 2 aromatic heterocycles. The molecular formula is C42H29N3. The third-order valence-corrected chi connectivity index (χ3v) is 9.79. The summed E-state index contributed by atoms with van der Waals surface area (Å²) in [5, 5.41) is 5.08. The van der Waals surface area contributed by atoms with Crippen molar-refractivity contribution < 1.29 is 0 Å². The molecule has 0 N–H and O–H groups in total. The molecule has 0 saturated heterocycles. The molecular weight excluding hydrogens is 546 g/mol. The van der Waals surface area contributed by atoms with Crippen LogP contribution in [0.15, 0.2) is 163 Å². The molecule has 3 heteroatoms. The van der Waals surface area contributed by atoms with Crippen molar-refractivity contribution in [1.29, 1.82) is 0 Å². The highest BCUT2D eigenvalue weighted by Crippen LogP contribution is 2.53. The number of benzene rings is 6. The van der Waals surface area contributed by atoms with Gasteiger partial charge < -0.3 is 14.0 Å². The second kappa shape index (κ2) is 9.35. The van der Waals surface area contributed by atoms with Gasteiger partial charge in [0.2, 0.25) is 0 Å². The Bertz CT molecular complexity index is 2470. The van der Waals surface area contributed by atoms with E-state index in [1.54, 1.807) is 0 Å². The molecule has 0 spiro atoms. The molecule has 0 bridgehead atoms. The average Bonchev–Trinajstić information content (AvgIpc) is 3.75. The third kappa shape index (κ3) is 3.35. The van der Waals surface area contributed by atoms with Gasteiger partial charge in [0.1, 0.15) is 0 Å². The molecule has 0 amide bonds. The molecule has 0 radical (unpaired) electrons. The number of hydrogen-bond acceptors (Lipinski definition) is 1. The Kier molecular flexibility index (Phi) is 5.11. The molecule has 212 valence electrons. The van der Waals surface area contributed by atoms with E-state index >= 15 is 0 Å². The topological polar surface area (TPSA) is 13.1 Å². The number of rotatable bonds is 3. The largest absolute Gasteiger partial charge is 0.311 e. The molecule has 0 saturated carbocycles. The van der Waals surface area contributed by atoms with E-state index in [9.17, 15) is 0 Å².